The predicted octanol–water partition coefficient (Wildman–Crippen LogP) is 2.04. The van der Waals surface area contributed by atoms with E-state index in [1.807, 2.05) is 0 Å². The average molecular weight is 365 g/mol. The molecule has 18 heavy (non-hydrogen) atoms. The molecular formula is C12H17FIN3O. The van der Waals surface area contributed by atoms with E-state index in [1.165, 1.54) is 19.2 Å². The Labute approximate surface area is 123 Å². The van der Waals surface area contributed by atoms with Crippen molar-refractivity contribution in [1.82, 2.24) is 5.32 Å². The van der Waals surface area contributed by atoms with Gasteiger partial charge in [-0.2, -0.15) is 0 Å². The summed E-state index contributed by atoms with van der Waals surface area (Å²) in [5.41, 5.74) is 6.28. The number of nitrogens with zero attached hydrogens (tertiary/aromatic N) is 1. The second kappa shape index (κ2) is 8.73. The zero-order valence-corrected chi connectivity index (χ0v) is 12.5. The highest BCUT2D eigenvalue weighted by molar-refractivity contribution is 14.0. The first kappa shape index (κ1) is 16.7. The van der Waals surface area contributed by atoms with Gasteiger partial charge in [-0.25, -0.2) is 9.38 Å². The standard InChI is InChI=1S/C12H16FN3O.HI/c1-3-4-15-12(14)16-8-9-5-10(13)7-11(6-9)17-2;/h3,5-7H,1,4,8H2,2H3,(H3,14,15,16);1H. The highest BCUT2D eigenvalue weighted by Crippen LogP contribution is 2.16. The number of benzene rings is 1. The van der Waals surface area contributed by atoms with Gasteiger partial charge < -0.3 is 15.8 Å². The highest BCUT2D eigenvalue weighted by Gasteiger charge is 2.00. The number of hydrogen-bond donors (Lipinski definition) is 2. The minimum Gasteiger partial charge on any atom is -0.497 e. The molecule has 6 heteroatoms. The Morgan fingerprint density at radius 3 is 2.89 bits per heavy atom. The first-order valence-electron chi connectivity index (χ1n) is 5.14. The lowest BCUT2D eigenvalue weighted by molar-refractivity contribution is 0.410. The molecule has 100 valence electrons. The molecule has 1 aromatic carbocycles. The van der Waals surface area contributed by atoms with Crippen LogP contribution < -0.4 is 15.8 Å². The maximum atomic E-state index is 13.2. The Kier molecular flexibility index (Phi) is 8.10. The van der Waals surface area contributed by atoms with E-state index in [4.69, 9.17) is 10.5 Å². The van der Waals surface area contributed by atoms with Crippen LogP contribution in [0.5, 0.6) is 5.75 Å². The third kappa shape index (κ3) is 5.85. The second-order valence-electron chi connectivity index (χ2n) is 3.37. The van der Waals surface area contributed by atoms with Gasteiger partial charge in [0.25, 0.3) is 0 Å². The van der Waals surface area contributed by atoms with Gasteiger partial charge >= 0.3 is 0 Å². The average Bonchev–Trinajstić information content (AvgIpc) is 2.33. The van der Waals surface area contributed by atoms with Crippen LogP contribution in [0.15, 0.2) is 35.8 Å². The molecule has 0 aliphatic rings. The number of nitrogens with one attached hydrogen (secondary N) is 1. The summed E-state index contributed by atoms with van der Waals surface area (Å²) in [7, 11) is 1.49. The van der Waals surface area contributed by atoms with Gasteiger partial charge in [0.1, 0.15) is 11.6 Å². The molecule has 0 aromatic heterocycles. The fourth-order valence-electron chi connectivity index (χ4n) is 1.24. The minimum absolute atomic E-state index is 0. The summed E-state index contributed by atoms with van der Waals surface area (Å²) in [6, 6.07) is 4.42. The van der Waals surface area contributed by atoms with Gasteiger partial charge in [-0.3, -0.25) is 0 Å². The van der Waals surface area contributed by atoms with Crippen molar-refractivity contribution in [3.63, 3.8) is 0 Å². The topological polar surface area (TPSA) is 59.6 Å². The van der Waals surface area contributed by atoms with Crippen LogP contribution >= 0.6 is 24.0 Å². The van der Waals surface area contributed by atoms with Gasteiger partial charge in [-0.15, -0.1) is 30.6 Å². The van der Waals surface area contributed by atoms with E-state index in [-0.39, 0.29) is 29.8 Å². The van der Waals surface area contributed by atoms with E-state index >= 15 is 0 Å². The maximum absolute atomic E-state index is 13.2. The quantitative estimate of drug-likeness (QED) is 0.363. The monoisotopic (exact) mass is 365 g/mol. The Bertz CT molecular complexity index is 424. The van der Waals surface area contributed by atoms with E-state index in [0.717, 1.165) is 0 Å². The molecule has 0 saturated carbocycles. The Morgan fingerprint density at radius 2 is 2.28 bits per heavy atom. The van der Waals surface area contributed by atoms with Crippen LogP contribution in [0.4, 0.5) is 4.39 Å². The number of guanidine groups is 1. The first-order valence-corrected chi connectivity index (χ1v) is 5.14. The molecule has 0 unspecified atom stereocenters. The molecular weight excluding hydrogens is 348 g/mol. The molecule has 0 amide bonds. The molecule has 0 bridgehead atoms. The normalized spacial score (nSPS) is 10.4. The molecule has 1 rings (SSSR count). The van der Waals surface area contributed by atoms with Crippen molar-refractivity contribution in [3.8, 4) is 5.75 Å². The van der Waals surface area contributed by atoms with Crippen molar-refractivity contribution in [2.45, 2.75) is 6.54 Å². The summed E-state index contributed by atoms with van der Waals surface area (Å²) in [6.45, 7) is 4.39. The van der Waals surface area contributed by atoms with Gasteiger partial charge in [-0.1, -0.05) is 6.08 Å². The second-order valence-corrected chi connectivity index (χ2v) is 3.37. The van der Waals surface area contributed by atoms with Crippen LogP contribution in [0.3, 0.4) is 0 Å². The molecule has 1 aromatic rings. The first-order chi connectivity index (χ1) is 8.15. The largest absolute Gasteiger partial charge is 0.497 e. The molecule has 0 aliphatic heterocycles. The molecule has 0 heterocycles. The molecule has 0 spiro atoms. The predicted molar refractivity (Wildman–Crippen MR) is 81.9 cm³/mol. The molecule has 0 fully saturated rings. The zero-order chi connectivity index (χ0) is 12.7. The van der Waals surface area contributed by atoms with E-state index in [2.05, 4.69) is 16.9 Å². The van der Waals surface area contributed by atoms with E-state index in [1.54, 1.807) is 12.1 Å². The summed E-state index contributed by atoms with van der Waals surface area (Å²) >= 11 is 0. The van der Waals surface area contributed by atoms with Crippen molar-refractivity contribution in [3.05, 3.63) is 42.2 Å². The van der Waals surface area contributed by atoms with Crippen molar-refractivity contribution in [1.29, 1.82) is 0 Å². The summed E-state index contributed by atoms with van der Waals surface area (Å²) in [4.78, 5) is 4.06. The summed E-state index contributed by atoms with van der Waals surface area (Å²) < 4.78 is 18.1. The highest BCUT2D eigenvalue weighted by atomic mass is 127. The molecule has 0 saturated heterocycles. The third-order valence-corrected chi connectivity index (χ3v) is 2.03. The van der Waals surface area contributed by atoms with Gasteiger partial charge in [0.15, 0.2) is 5.96 Å². The van der Waals surface area contributed by atoms with E-state index in [0.29, 0.717) is 30.4 Å². The fraction of sp³-hybridized carbons (Fsp3) is 0.250. The Balaban J connectivity index is 0.00000289. The number of halogens is 2. The van der Waals surface area contributed by atoms with Gasteiger partial charge in [0.2, 0.25) is 0 Å². The summed E-state index contributed by atoms with van der Waals surface area (Å²) in [5.74, 6) is 0.410. The zero-order valence-electron chi connectivity index (χ0n) is 10.1. The van der Waals surface area contributed by atoms with E-state index in [9.17, 15) is 4.39 Å². The fourth-order valence-corrected chi connectivity index (χ4v) is 1.24. The number of hydrogen-bond acceptors (Lipinski definition) is 2. The van der Waals surface area contributed by atoms with Crippen LogP contribution in [0, 0.1) is 5.82 Å². The smallest absolute Gasteiger partial charge is 0.189 e. The van der Waals surface area contributed by atoms with Crippen molar-refractivity contribution in [2.24, 2.45) is 10.7 Å². The summed E-state index contributed by atoms with van der Waals surface area (Å²) in [6.07, 6.45) is 1.67. The van der Waals surface area contributed by atoms with Crippen LogP contribution in [0.1, 0.15) is 5.56 Å². The summed E-state index contributed by atoms with van der Waals surface area (Å²) in [5, 5.41) is 2.83. The lowest BCUT2D eigenvalue weighted by Crippen LogP contribution is -2.31. The van der Waals surface area contributed by atoms with E-state index < -0.39 is 0 Å². The number of aliphatic imine (C=N–C) groups is 1. The third-order valence-electron chi connectivity index (χ3n) is 2.03. The van der Waals surface area contributed by atoms with Crippen LogP contribution in [0.25, 0.3) is 0 Å². The van der Waals surface area contributed by atoms with Crippen LogP contribution in [-0.4, -0.2) is 19.6 Å². The van der Waals surface area contributed by atoms with Crippen LogP contribution in [0.2, 0.25) is 0 Å². The molecule has 4 nitrogen and oxygen atoms in total. The van der Waals surface area contributed by atoms with Crippen molar-refractivity contribution in [2.75, 3.05) is 13.7 Å². The number of nitrogens with two attached hydrogens (primary N) is 1. The van der Waals surface area contributed by atoms with Crippen molar-refractivity contribution < 1.29 is 9.13 Å². The molecule has 3 N–H and O–H groups in total. The van der Waals surface area contributed by atoms with Gasteiger partial charge in [0.05, 0.1) is 13.7 Å². The lowest BCUT2D eigenvalue weighted by atomic mass is 10.2. The lowest BCUT2D eigenvalue weighted by Gasteiger charge is -2.05. The van der Waals surface area contributed by atoms with Crippen LogP contribution in [-0.2, 0) is 6.54 Å². The molecule has 0 aliphatic carbocycles. The molecule has 0 radical (unpaired) electrons. The maximum Gasteiger partial charge on any atom is 0.189 e. The Hall–Kier alpha value is -1.31. The number of rotatable bonds is 5. The Morgan fingerprint density at radius 1 is 1.56 bits per heavy atom. The van der Waals surface area contributed by atoms with Gasteiger partial charge in [0, 0.05) is 12.6 Å². The number of ether oxygens (including phenoxy) is 1. The van der Waals surface area contributed by atoms with Crippen molar-refractivity contribution >= 4 is 29.9 Å². The van der Waals surface area contributed by atoms with Gasteiger partial charge in [-0.05, 0) is 17.7 Å². The number of methoxy groups -OCH3 is 1. The molecule has 0 atom stereocenters. The minimum atomic E-state index is -0.354. The SMILES string of the molecule is C=CCNC(N)=NCc1cc(F)cc(OC)c1.I.